The number of ether oxygens (including phenoxy) is 2. The molecule has 5 nitrogen and oxygen atoms in total. The van der Waals surface area contributed by atoms with E-state index in [1.165, 1.54) is 6.42 Å². The Morgan fingerprint density at radius 3 is 2.82 bits per heavy atom. The largest absolute Gasteiger partial charge is 0.486 e. The molecule has 2 heterocycles. The maximum Gasteiger partial charge on any atom is 0.237 e. The molecule has 1 aromatic rings. The first-order valence-electron chi connectivity index (χ1n) is 7.72. The summed E-state index contributed by atoms with van der Waals surface area (Å²) in [6, 6.07) is 5.95. The Morgan fingerprint density at radius 1 is 1.23 bits per heavy atom. The number of carbonyl (C=O) groups is 1. The van der Waals surface area contributed by atoms with Crippen LogP contribution in [0.3, 0.4) is 0 Å². The molecule has 2 N–H and O–H groups in total. The lowest BCUT2D eigenvalue weighted by molar-refractivity contribution is -0.123. The highest BCUT2D eigenvalue weighted by Gasteiger charge is 2.19. The summed E-state index contributed by atoms with van der Waals surface area (Å²) in [5.41, 5.74) is 1.15. The fraction of sp³-hybridized carbons (Fsp3) is 0.562. The predicted molar refractivity (Wildman–Crippen MR) is 87.0 cm³/mol. The first-order valence-corrected chi connectivity index (χ1v) is 7.72. The molecule has 3 rings (SSSR count). The smallest absolute Gasteiger partial charge is 0.237 e. The third-order valence-electron chi connectivity index (χ3n) is 3.95. The van der Waals surface area contributed by atoms with Crippen molar-refractivity contribution in [3.8, 4) is 11.5 Å². The molecule has 1 fully saturated rings. The van der Waals surface area contributed by atoms with Crippen molar-refractivity contribution < 1.29 is 14.3 Å². The van der Waals surface area contributed by atoms with Gasteiger partial charge in [-0.1, -0.05) is 12.5 Å². The molecule has 0 spiro atoms. The highest BCUT2D eigenvalue weighted by molar-refractivity contribution is 5.85. The first kappa shape index (κ1) is 16.9. The third kappa shape index (κ3) is 4.27. The van der Waals surface area contributed by atoms with E-state index in [2.05, 4.69) is 10.6 Å². The number of rotatable bonds is 4. The Balaban J connectivity index is 0.00000176. The summed E-state index contributed by atoms with van der Waals surface area (Å²) in [5, 5.41) is 6.27. The summed E-state index contributed by atoms with van der Waals surface area (Å²) in [4.78, 5) is 12.0. The van der Waals surface area contributed by atoms with E-state index in [1.54, 1.807) is 0 Å². The third-order valence-corrected chi connectivity index (χ3v) is 3.95. The van der Waals surface area contributed by atoms with E-state index in [4.69, 9.17) is 9.47 Å². The van der Waals surface area contributed by atoms with Crippen LogP contribution in [0.15, 0.2) is 18.2 Å². The van der Waals surface area contributed by atoms with Crippen molar-refractivity contribution in [3.05, 3.63) is 23.8 Å². The van der Waals surface area contributed by atoms with Gasteiger partial charge in [-0.3, -0.25) is 4.79 Å². The zero-order valence-electron chi connectivity index (χ0n) is 12.6. The van der Waals surface area contributed by atoms with Gasteiger partial charge in [0.1, 0.15) is 13.2 Å². The van der Waals surface area contributed by atoms with E-state index in [9.17, 15) is 4.79 Å². The molecule has 2 aliphatic heterocycles. The number of fused-ring (bicyclic) bond motifs is 1. The summed E-state index contributed by atoms with van der Waals surface area (Å²) in [6.45, 7) is 2.80. The summed E-state index contributed by atoms with van der Waals surface area (Å²) < 4.78 is 11.1. The van der Waals surface area contributed by atoms with Crippen LogP contribution in [-0.2, 0) is 11.2 Å². The number of carbonyl (C=O) groups excluding carboxylic acids is 1. The van der Waals surface area contributed by atoms with Crippen LogP contribution in [0.1, 0.15) is 24.8 Å². The minimum absolute atomic E-state index is 0. The lowest BCUT2D eigenvalue weighted by Gasteiger charge is -2.22. The second-order valence-corrected chi connectivity index (χ2v) is 5.52. The average molecular weight is 327 g/mol. The lowest BCUT2D eigenvalue weighted by atomic mass is 10.0. The molecule has 0 aromatic heterocycles. The Morgan fingerprint density at radius 2 is 2.05 bits per heavy atom. The van der Waals surface area contributed by atoms with Gasteiger partial charge < -0.3 is 20.1 Å². The van der Waals surface area contributed by atoms with Crippen LogP contribution < -0.4 is 20.1 Å². The number of piperidine rings is 1. The van der Waals surface area contributed by atoms with Crippen LogP contribution in [0.25, 0.3) is 0 Å². The van der Waals surface area contributed by atoms with Crippen LogP contribution in [-0.4, -0.2) is 38.3 Å². The number of nitrogens with one attached hydrogen (secondary N) is 2. The van der Waals surface area contributed by atoms with E-state index in [0.29, 0.717) is 19.8 Å². The molecule has 1 amide bonds. The number of halogens is 1. The van der Waals surface area contributed by atoms with Crippen molar-refractivity contribution in [2.45, 2.75) is 31.7 Å². The molecule has 0 radical (unpaired) electrons. The van der Waals surface area contributed by atoms with Gasteiger partial charge in [0.15, 0.2) is 11.5 Å². The molecule has 0 saturated carbocycles. The second kappa shape index (κ2) is 8.25. The van der Waals surface area contributed by atoms with E-state index in [-0.39, 0.29) is 24.4 Å². The van der Waals surface area contributed by atoms with Crippen molar-refractivity contribution in [2.75, 3.05) is 26.3 Å². The van der Waals surface area contributed by atoms with Crippen molar-refractivity contribution in [3.63, 3.8) is 0 Å². The van der Waals surface area contributed by atoms with Gasteiger partial charge >= 0.3 is 0 Å². The molecule has 1 saturated heterocycles. The fourth-order valence-electron chi connectivity index (χ4n) is 2.77. The monoisotopic (exact) mass is 326 g/mol. The van der Waals surface area contributed by atoms with Crippen LogP contribution in [0.4, 0.5) is 0 Å². The minimum atomic E-state index is -0.0148. The molecular formula is C16H23ClN2O3. The van der Waals surface area contributed by atoms with E-state index >= 15 is 0 Å². The Bertz CT molecular complexity index is 504. The van der Waals surface area contributed by atoms with Gasteiger partial charge in [0.05, 0.1) is 6.04 Å². The zero-order chi connectivity index (χ0) is 14.5. The molecule has 0 aliphatic carbocycles. The zero-order valence-corrected chi connectivity index (χ0v) is 13.4. The summed E-state index contributed by atoms with van der Waals surface area (Å²) in [6.07, 6.45) is 4.04. The van der Waals surface area contributed by atoms with E-state index in [0.717, 1.165) is 42.9 Å². The molecule has 1 atom stereocenters. The van der Waals surface area contributed by atoms with E-state index in [1.807, 2.05) is 18.2 Å². The number of amides is 1. The number of benzene rings is 1. The molecule has 122 valence electrons. The van der Waals surface area contributed by atoms with Crippen molar-refractivity contribution in [2.24, 2.45) is 0 Å². The Hall–Kier alpha value is -1.46. The van der Waals surface area contributed by atoms with Gasteiger partial charge in [0.2, 0.25) is 5.91 Å². The van der Waals surface area contributed by atoms with Gasteiger partial charge in [0.25, 0.3) is 0 Å². The molecule has 6 heteroatoms. The van der Waals surface area contributed by atoms with Gasteiger partial charge in [0, 0.05) is 6.54 Å². The van der Waals surface area contributed by atoms with Crippen LogP contribution in [0.2, 0.25) is 0 Å². The molecule has 22 heavy (non-hydrogen) atoms. The SMILES string of the molecule is Cl.O=C(NCCc1ccc2c(c1)OCCO2)C1CCCCN1. The molecule has 1 aromatic carbocycles. The topological polar surface area (TPSA) is 59.6 Å². The van der Waals surface area contributed by atoms with Gasteiger partial charge in [-0.2, -0.15) is 0 Å². The molecule has 0 bridgehead atoms. The molecule has 2 aliphatic rings. The van der Waals surface area contributed by atoms with Gasteiger partial charge in [-0.05, 0) is 43.5 Å². The average Bonchev–Trinajstić information content (AvgIpc) is 2.55. The van der Waals surface area contributed by atoms with Crippen molar-refractivity contribution in [1.82, 2.24) is 10.6 Å². The number of hydrogen-bond acceptors (Lipinski definition) is 4. The molecular weight excluding hydrogens is 304 g/mol. The maximum absolute atomic E-state index is 12.0. The van der Waals surface area contributed by atoms with Crippen LogP contribution in [0.5, 0.6) is 11.5 Å². The highest BCUT2D eigenvalue weighted by Crippen LogP contribution is 2.30. The van der Waals surface area contributed by atoms with Crippen LogP contribution in [0, 0.1) is 0 Å². The first-order chi connectivity index (χ1) is 10.3. The molecule has 1 unspecified atom stereocenters. The van der Waals surface area contributed by atoms with Gasteiger partial charge in [-0.25, -0.2) is 0 Å². The Labute approximate surface area is 137 Å². The maximum atomic E-state index is 12.0. The second-order valence-electron chi connectivity index (χ2n) is 5.52. The predicted octanol–water partition coefficient (Wildman–Crippen LogP) is 1.68. The summed E-state index contributed by atoms with van der Waals surface area (Å²) in [5.74, 6) is 1.73. The van der Waals surface area contributed by atoms with Gasteiger partial charge in [-0.15, -0.1) is 12.4 Å². The number of hydrogen-bond donors (Lipinski definition) is 2. The van der Waals surface area contributed by atoms with Crippen molar-refractivity contribution >= 4 is 18.3 Å². The van der Waals surface area contributed by atoms with Crippen LogP contribution >= 0.6 is 12.4 Å². The Kier molecular flexibility index (Phi) is 6.34. The van der Waals surface area contributed by atoms with Crippen molar-refractivity contribution in [1.29, 1.82) is 0 Å². The van der Waals surface area contributed by atoms with E-state index < -0.39 is 0 Å². The highest BCUT2D eigenvalue weighted by atomic mass is 35.5. The minimum Gasteiger partial charge on any atom is -0.486 e. The standard InChI is InChI=1S/C16H22N2O3.ClH/c19-16(13-3-1-2-7-17-13)18-8-6-12-4-5-14-15(11-12)21-10-9-20-14;/h4-5,11,13,17H,1-3,6-10H2,(H,18,19);1H. The summed E-state index contributed by atoms with van der Waals surface area (Å²) >= 11 is 0. The summed E-state index contributed by atoms with van der Waals surface area (Å²) in [7, 11) is 0. The normalized spacial score (nSPS) is 19.9. The quantitative estimate of drug-likeness (QED) is 0.884. The fourth-order valence-corrected chi connectivity index (χ4v) is 2.77. The lowest BCUT2D eigenvalue weighted by Crippen LogP contribution is -2.47.